The minimum absolute atomic E-state index is 0.351. The molecule has 0 aliphatic heterocycles. The van der Waals surface area contributed by atoms with Crippen LogP contribution in [-0.2, 0) is 5.41 Å². The van der Waals surface area contributed by atoms with E-state index in [-0.39, 0.29) is 5.41 Å². The lowest BCUT2D eigenvalue weighted by Gasteiger charge is -2.30. The third-order valence-corrected chi connectivity index (χ3v) is 11.1. The lowest BCUT2D eigenvalue weighted by atomic mass is 9.70. The number of hydrogen-bond acceptors (Lipinski definition) is 2. The number of nitrogens with one attached hydrogen (secondary N) is 1. The standard InChI is InChI=1S/C51H34N2/c1-2-3-24-48(52)50-32-42(33-14-5-4-6-15-33)43-30-36(26-28-49(43)53-50)34-16-13-17-35(29-34)37-25-27-41-40-20-9-12-23-46(40)51(47(41)31-37)44-21-10-7-18-38(44)39-19-8-11-22-45(39)51/h2-32,52H,1H2/b24-3-,52-48?. The monoisotopic (exact) mass is 674 g/mol. The molecular formula is C51H34N2. The average molecular weight is 675 g/mol. The topological polar surface area (TPSA) is 36.7 Å². The van der Waals surface area contributed by atoms with Crippen molar-refractivity contribution in [2.45, 2.75) is 5.41 Å². The van der Waals surface area contributed by atoms with Crippen molar-refractivity contribution in [2.75, 3.05) is 0 Å². The molecule has 0 bridgehead atoms. The Morgan fingerprint density at radius 2 is 1.00 bits per heavy atom. The molecule has 1 heterocycles. The number of allylic oxidation sites excluding steroid dienone is 3. The maximum atomic E-state index is 8.66. The summed E-state index contributed by atoms with van der Waals surface area (Å²) in [5, 5.41) is 9.72. The van der Waals surface area contributed by atoms with E-state index in [0.29, 0.717) is 11.4 Å². The smallest absolute Gasteiger partial charge is 0.0892 e. The number of fused-ring (bicyclic) bond motifs is 11. The molecule has 0 unspecified atom stereocenters. The minimum atomic E-state index is -0.372. The summed E-state index contributed by atoms with van der Waals surface area (Å²) in [6.07, 6.45) is 5.19. The first-order valence-corrected chi connectivity index (χ1v) is 18.1. The Bertz CT molecular complexity index is 2760. The van der Waals surface area contributed by atoms with Crippen LogP contribution in [0.15, 0.2) is 195 Å². The predicted octanol–water partition coefficient (Wildman–Crippen LogP) is 12.7. The van der Waals surface area contributed by atoms with Crippen LogP contribution in [0.1, 0.15) is 27.9 Å². The molecule has 0 atom stereocenters. The van der Waals surface area contributed by atoms with Crippen LogP contribution in [0.3, 0.4) is 0 Å². The van der Waals surface area contributed by atoms with Gasteiger partial charge in [-0.1, -0.05) is 158 Å². The molecule has 2 aliphatic carbocycles. The van der Waals surface area contributed by atoms with Crippen LogP contribution in [-0.4, -0.2) is 10.7 Å². The molecule has 7 aromatic carbocycles. The average Bonchev–Trinajstić information content (AvgIpc) is 3.69. The van der Waals surface area contributed by atoms with Gasteiger partial charge < -0.3 is 0 Å². The molecule has 2 aliphatic rings. The second-order valence-corrected chi connectivity index (χ2v) is 13.9. The quantitative estimate of drug-likeness (QED) is 0.138. The van der Waals surface area contributed by atoms with Gasteiger partial charge in [0.2, 0.25) is 0 Å². The van der Waals surface area contributed by atoms with Gasteiger partial charge in [0, 0.05) is 5.39 Å². The zero-order chi connectivity index (χ0) is 35.5. The van der Waals surface area contributed by atoms with E-state index in [9.17, 15) is 0 Å². The molecule has 0 saturated heterocycles. The van der Waals surface area contributed by atoms with Gasteiger partial charge in [-0.15, -0.1) is 0 Å². The van der Waals surface area contributed by atoms with Crippen LogP contribution < -0.4 is 0 Å². The molecule has 0 saturated carbocycles. The van der Waals surface area contributed by atoms with Gasteiger partial charge in [-0.2, -0.15) is 0 Å². The molecule has 0 fully saturated rings. The zero-order valence-electron chi connectivity index (χ0n) is 29.1. The Balaban J connectivity index is 1.12. The first-order chi connectivity index (χ1) is 26.1. The number of rotatable bonds is 6. The number of nitrogens with zero attached hydrogens (tertiary/aromatic N) is 1. The van der Waals surface area contributed by atoms with Crippen molar-refractivity contribution in [1.29, 1.82) is 5.41 Å². The molecule has 0 amide bonds. The molecule has 0 radical (unpaired) electrons. The molecule has 8 aromatic rings. The molecule has 248 valence electrons. The van der Waals surface area contributed by atoms with Crippen LogP contribution in [0.2, 0.25) is 0 Å². The van der Waals surface area contributed by atoms with Gasteiger partial charge in [0.1, 0.15) is 0 Å². The molecule has 2 heteroatoms. The summed E-state index contributed by atoms with van der Waals surface area (Å²) in [6.45, 7) is 3.76. The summed E-state index contributed by atoms with van der Waals surface area (Å²) >= 11 is 0. The Hall–Kier alpha value is -6.90. The van der Waals surface area contributed by atoms with Crippen molar-refractivity contribution in [2.24, 2.45) is 0 Å². The highest BCUT2D eigenvalue weighted by Gasteiger charge is 2.51. The lowest BCUT2D eigenvalue weighted by Crippen LogP contribution is -2.25. The maximum Gasteiger partial charge on any atom is 0.0892 e. The summed E-state index contributed by atoms with van der Waals surface area (Å²) in [6, 6.07) is 61.8. The van der Waals surface area contributed by atoms with E-state index in [2.05, 4.69) is 164 Å². The Labute approximate surface area is 309 Å². The second-order valence-electron chi connectivity index (χ2n) is 13.9. The first-order valence-electron chi connectivity index (χ1n) is 18.1. The summed E-state index contributed by atoms with van der Waals surface area (Å²) in [7, 11) is 0. The van der Waals surface area contributed by atoms with Crippen molar-refractivity contribution in [3.63, 3.8) is 0 Å². The van der Waals surface area contributed by atoms with Gasteiger partial charge in [0.05, 0.1) is 22.3 Å². The summed E-state index contributed by atoms with van der Waals surface area (Å²) in [4.78, 5) is 4.92. The zero-order valence-corrected chi connectivity index (χ0v) is 29.1. The van der Waals surface area contributed by atoms with E-state index in [1.54, 1.807) is 18.2 Å². The summed E-state index contributed by atoms with van der Waals surface area (Å²) in [5.41, 5.74) is 18.9. The largest absolute Gasteiger partial charge is 0.299 e. The Morgan fingerprint density at radius 1 is 0.472 bits per heavy atom. The number of benzene rings is 7. The third-order valence-electron chi connectivity index (χ3n) is 11.1. The van der Waals surface area contributed by atoms with E-state index < -0.39 is 0 Å². The van der Waals surface area contributed by atoms with Crippen molar-refractivity contribution >= 4 is 16.6 Å². The predicted molar refractivity (Wildman–Crippen MR) is 221 cm³/mol. The van der Waals surface area contributed by atoms with Crippen molar-refractivity contribution in [3.8, 4) is 55.6 Å². The van der Waals surface area contributed by atoms with Crippen LogP contribution in [0, 0.1) is 5.41 Å². The van der Waals surface area contributed by atoms with Crippen molar-refractivity contribution in [3.05, 3.63) is 223 Å². The number of hydrogen-bond donors (Lipinski definition) is 1. The number of aromatic nitrogens is 1. The molecule has 53 heavy (non-hydrogen) atoms. The van der Waals surface area contributed by atoms with Gasteiger partial charge in [0.25, 0.3) is 0 Å². The van der Waals surface area contributed by atoms with Crippen LogP contribution >= 0.6 is 0 Å². The Kier molecular flexibility index (Phi) is 7.06. The highest BCUT2D eigenvalue weighted by atomic mass is 14.7. The van der Waals surface area contributed by atoms with Crippen LogP contribution in [0.25, 0.3) is 66.5 Å². The fourth-order valence-corrected chi connectivity index (χ4v) is 8.80. The minimum Gasteiger partial charge on any atom is -0.299 e. The molecule has 1 aromatic heterocycles. The fraction of sp³-hybridized carbons (Fsp3) is 0.0196. The van der Waals surface area contributed by atoms with E-state index >= 15 is 0 Å². The van der Waals surface area contributed by atoms with Gasteiger partial charge >= 0.3 is 0 Å². The van der Waals surface area contributed by atoms with Gasteiger partial charge in [0.15, 0.2) is 0 Å². The Morgan fingerprint density at radius 3 is 1.64 bits per heavy atom. The lowest BCUT2D eigenvalue weighted by molar-refractivity contribution is 0.794. The normalized spacial score (nSPS) is 13.1. The van der Waals surface area contributed by atoms with E-state index in [1.165, 1.54) is 55.6 Å². The van der Waals surface area contributed by atoms with Gasteiger partial charge in [-0.3, -0.25) is 5.41 Å². The van der Waals surface area contributed by atoms with Crippen LogP contribution in [0.4, 0.5) is 0 Å². The summed E-state index contributed by atoms with van der Waals surface area (Å²) < 4.78 is 0. The molecule has 2 nitrogen and oxygen atoms in total. The van der Waals surface area contributed by atoms with Crippen molar-refractivity contribution < 1.29 is 0 Å². The van der Waals surface area contributed by atoms with Crippen molar-refractivity contribution in [1.82, 2.24) is 4.98 Å². The van der Waals surface area contributed by atoms with Gasteiger partial charge in [-0.25, -0.2) is 4.98 Å². The third kappa shape index (κ3) is 4.66. The molecular weight excluding hydrogens is 641 g/mol. The number of pyridine rings is 1. The molecule has 1 N–H and O–H groups in total. The maximum absolute atomic E-state index is 8.66. The first kappa shape index (κ1) is 30.9. The van der Waals surface area contributed by atoms with Crippen LogP contribution in [0.5, 0.6) is 0 Å². The molecule has 10 rings (SSSR count). The highest BCUT2D eigenvalue weighted by molar-refractivity contribution is 6.09. The second kappa shape index (κ2) is 12.1. The van der Waals surface area contributed by atoms with E-state index in [4.69, 9.17) is 10.4 Å². The summed E-state index contributed by atoms with van der Waals surface area (Å²) in [5.74, 6) is 0. The SMILES string of the molecule is C=C/C=C\C(=N)c1cc(-c2ccccc2)c2cc(-c3cccc(-c4ccc5c(c4)C4(c6ccccc6-c6ccccc64)c4ccccc4-5)c3)ccc2n1. The fourth-order valence-electron chi connectivity index (χ4n) is 8.80. The van der Waals surface area contributed by atoms with E-state index in [1.807, 2.05) is 12.1 Å². The highest BCUT2D eigenvalue weighted by Crippen LogP contribution is 2.63. The molecule has 1 spiro atoms. The van der Waals surface area contributed by atoms with E-state index in [0.717, 1.165) is 33.2 Å². The van der Waals surface area contributed by atoms with Gasteiger partial charge in [-0.05, 0) is 114 Å².